The minimum absolute atomic E-state index is 0.378. The van der Waals surface area contributed by atoms with Crippen molar-refractivity contribution in [3.05, 3.63) is 75.1 Å². The van der Waals surface area contributed by atoms with Crippen molar-refractivity contribution in [2.45, 2.75) is 39.8 Å². The van der Waals surface area contributed by atoms with Gasteiger partial charge in [0.15, 0.2) is 12.1 Å². The molecule has 3 aromatic rings. The zero-order chi connectivity index (χ0) is 22.0. The van der Waals surface area contributed by atoms with Gasteiger partial charge < -0.3 is 19.6 Å². The second kappa shape index (κ2) is 8.41. The number of carboxylic acids is 1. The SMILES string of the molecule is Cc1c(C)c2ccc(O[C@H](C)C(=O)N[C@H](C(=O)O)c3ccccc3)c(C)c2oc1=O. The van der Waals surface area contributed by atoms with Gasteiger partial charge in [-0.2, -0.15) is 0 Å². The Morgan fingerprint density at radius 1 is 1.00 bits per heavy atom. The number of amides is 1. The van der Waals surface area contributed by atoms with Gasteiger partial charge in [0.05, 0.1) is 0 Å². The molecule has 1 heterocycles. The van der Waals surface area contributed by atoms with E-state index in [0.717, 1.165) is 10.9 Å². The third kappa shape index (κ3) is 4.05. The zero-order valence-electron chi connectivity index (χ0n) is 17.2. The molecule has 0 saturated heterocycles. The lowest BCUT2D eigenvalue weighted by Gasteiger charge is -2.20. The summed E-state index contributed by atoms with van der Waals surface area (Å²) in [5, 5.41) is 12.8. The molecule has 2 atom stereocenters. The Bertz CT molecular complexity index is 1170. The van der Waals surface area contributed by atoms with Gasteiger partial charge in [-0.25, -0.2) is 9.59 Å². The number of rotatable bonds is 6. The Morgan fingerprint density at radius 2 is 1.67 bits per heavy atom. The lowest BCUT2D eigenvalue weighted by molar-refractivity contribution is -0.143. The van der Waals surface area contributed by atoms with E-state index in [9.17, 15) is 19.5 Å². The number of carbonyl (C=O) groups is 2. The van der Waals surface area contributed by atoms with E-state index in [4.69, 9.17) is 9.15 Å². The van der Waals surface area contributed by atoms with Crippen molar-refractivity contribution in [3.8, 4) is 5.75 Å². The molecule has 2 aromatic carbocycles. The van der Waals surface area contributed by atoms with Crippen LogP contribution in [0.15, 0.2) is 51.7 Å². The summed E-state index contributed by atoms with van der Waals surface area (Å²) in [7, 11) is 0. The van der Waals surface area contributed by atoms with Crippen molar-refractivity contribution in [3.63, 3.8) is 0 Å². The Morgan fingerprint density at radius 3 is 2.30 bits per heavy atom. The molecule has 7 heteroatoms. The number of fused-ring (bicyclic) bond motifs is 1. The summed E-state index contributed by atoms with van der Waals surface area (Å²) in [6.07, 6.45) is -0.968. The van der Waals surface area contributed by atoms with Crippen molar-refractivity contribution >= 4 is 22.8 Å². The third-order valence-corrected chi connectivity index (χ3v) is 5.16. The first-order chi connectivity index (χ1) is 14.2. The fraction of sp³-hybridized carbons (Fsp3) is 0.261. The second-order valence-electron chi connectivity index (χ2n) is 7.16. The number of hydrogen-bond acceptors (Lipinski definition) is 5. The van der Waals surface area contributed by atoms with Gasteiger partial charge in [-0.05, 0) is 51.0 Å². The van der Waals surface area contributed by atoms with Crippen LogP contribution >= 0.6 is 0 Å². The normalized spacial score (nSPS) is 12.9. The number of carbonyl (C=O) groups excluding carboxylic acids is 1. The molecule has 0 spiro atoms. The van der Waals surface area contributed by atoms with Crippen LogP contribution in [0.4, 0.5) is 0 Å². The van der Waals surface area contributed by atoms with Crippen LogP contribution in [0.1, 0.15) is 35.2 Å². The van der Waals surface area contributed by atoms with E-state index in [-0.39, 0.29) is 0 Å². The number of hydrogen-bond donors (Lipinski definition) is 2. The highest BCUT2D eigenvalue weighted by Gasteiger charge is 2.26. The van der Waals surface area contributed by atoms with Crippen LogP contribution in [0, 0.1) is 20.8 Å². The average Bonchev–Trinajstić information content (AvgIpc) is 2.73. The number of ether oxygens (including phenoxy) is 1. The smallest absolute Gasteiger partial charge is 0.339 e. The molecule has 7 nitrogen and oxygen atoms in total. The van der Waals surface area contributed by atoms with E-state index < -0.39 is 29.6 Å². The molecule has 1 aromatic heterocycles. The van der Waals surface area contributed by atoms with E-state index in [2.05, 4.69) is 5.32 Å². The van der Waals surface area contributed by atoms with Crippen LogP contribution in [0.2, 0.25) is 0 Å². The summed E-state index contributed by atoms with van der Waals surface area (Å²) in [6.45, 7) is 6.82. The molecule has 1 amide bonds. The fourth-order valence-corrected chi connectivity index (χ4v) is 3.19. The fourth-order valence-electron chi connectivity index (χ4n) is 3.19. The standard InChI is InChI=1S/C23H23NO6/c1-12-13(2)23(28)30-20-14(3)18(11-10-17(12)20)29-15(4)21(25)24-19(22(26)27)16-8-6-5-7-9-16/h5-11,15,19H,1-4H3,(H,24,25)(H,26,27)/t15-,19+/m1/s1. The molecule has 0 aliphatic rings. The first-order valence-corrected chi connectivity index (χ1v) is 9.49. The highest BCUT2D eigenvalue weighted by Crippen LogP contribution is 2.30. The van der Waals surface area contributed by atoms with Gasteiger partial charge in [-0.15, -0.1) is 0 Å². The molecule has 0 radical (unpaired) electrons. The molecule has 2 N–H and O–H groups in total. The summed E-state index contributed by atoms with van der Waals surface area (Å²) >= 11 is 0. The number of aliphatic carboxylic acids is 1. The summed E-state index contributed by atoms with van der Waals surface area (Å²) in [5.74, 6) is -1.37. The van der Waals surface area contributed by atoms with Crippen LogP contribution in [0.3, 0.4) is 0 Å². The van der Waals surface area contributed by atoms with Gasteiger partial charge in [0, 0.05) is 16.5 Å². The van der Waals surface area contributed by atoms with Gasteiger partial charge in [0.1, 0.15) is 11.3 Å². The molecule has 30 heavy (non-hydrogen) atoms. The van der Waals surface area contributed by atoms with Crippen LogP contribution in [-0.2, 0) is 9.59 Å². The predicted octanol–water partition coefficient (Wildman–Crippen LogP) is 3.43. The number of benzene rings is 2. The number of aryl methyl sites for hydroxylation is 2. The maximum absolute atomic E-state index is 12.6. The van der Waals surface area contributed by atoms with Gasteiger partial charge in [0.25, 0.3) is 5.91 Å². The monoisotopic (exact) mass is 409 g/mol. The maximum Gasteiger partial charge on any atom is 0.339 e. The van der Waals surface area contributed by atoms with Crippen molar-refractivity contribution in [1.82, 2.24) is 5.32 Å². The van der Waals surface area contributed by atoms with E-state index in [1.54, 1.807) is 56.3 Å². The van der Waals surface area contributed by atoms with Crippen molar-refractivity contribution in [2.75, 3.05) is 0 Å². The van der Waals surface area contributed by atoms with Crippen molar-refractivity contribution < 1.29 is 23.8 Å². The molecule has 0 aliphatic carbocycles. The second-order valence-corrected chi connectivity index (χ2v) is 7.16. The first kappa shape index (κ1) is 21.1. The van der Waals surface area contributed by atoms with E-state index in [1.165, 1.54) is 6.92 Å². The molecule has 0 unspecified atom stereocenters. The van der Waals surface area contributed by atoms with Gasteiger partial charge in [0.2, 0.25) is 0 Å². The van der Waals surface area contributed by atoms with E-state index >= 15 is 0 Å². The summed E-state index contributed by atoms with van der Waals surface area (Å²) < 4.78 is 11.2. The molecular formula is C23H23NO6. The van der Waals surface area contributed by atoms with Crippen molar-refractivity contribution in [1.29, 1.82) is 0 Å². The van der Waals surface area contributed by atoms with Crippen LogP contribution in [0.5, 0.6) is 5.75 Å². The molecule has 0 saturated carbocycles. The first-order valence-electron chi connectivity index (χ1n) is 9.49. The molecule has 0 aliphatic heterocycles. The van der Waals surface area contributed by atoms with E-state index in [0.29, 0.717) is 28.0 Å². The highest BCUT2D eigenvalue weighted by molar-refractivity contribution is 5.88. The number of carboxylic acid groups (broad SMARTS) is 1. The van der Waals surface area contributed by atoms with Crippen LogP contribution < -0.4 is 15.7 Å². The molecule has 0 fully saturated rings. The molecule has 0 bridgehead atoms. The third-order valence-electron chi connectivity index (χ3n) is 5.16. The van der Waals surface area contributed by atoms with Gasteiger partial charge >= 0.3 is 11.6 Å². The Balaban J connectivity index is 1.84. The van der Waals surface area contributed by atoms with Crippen LogP contribution in [-0.4, -0.2) is 23.1 Å². The Kier molecular flexibility index (Phi) is 5.91. The molecule has 156 valence electrons. The predicted molar refractivity (Wildman–Crippen MR) is 112 cm³/mol. The van der Waals surface area contributed by atoms with Gasteiger partial charge in [-0.3, -0.25) is 4.79 Å². The summed E-state index contributed by atoms with van der Waals surface area (Å²) in [5.41, 5.74) is 2.40. The Labute approximate surface area is 173 Å². The highest BCUT2D eigenvalue weighted by atomic mass is 16.5. The zero-order valence-corrected chi connectivity index (χ0v) is 17.2. The lowest BCUT2D eigenvalue weighted by Crippen LogP contribution is -2.41. The molecular weight excluding hydrogens is 386 g/mol. The quantitative estimate of drug-likeness (QED) is 0.604. The lowest BCUT2D eigenvalue weighted by atomic mass is 10.0. The van der Waals surface area contributed by atoms with E-state index in [1.807, 2.05) is 6.92 Å². The topological polar surface area (TPSA) is 106 Å². The summed E-state index contributed by atoms with van der Waals surface area (Å²) in [6, 6.07) is 10.7. The summed E-state index contributed by atoms with van der Waals surface area (Å²) in [4.78, 5) is 36.2. The molecule has 3 rings (SSSR count). The largest absolute Gasteiger partial charge is 0.480 e. The van der Waals surface area contributed by atoms with Crippen molar-refractivity contribution in [2.24, 2.45) is 0 Å². The average molecular weight is 409 g/mol. The minimum atomic E-state index is -1.19. The van der Waals surface area contributed by atoms with Crippen LogP contribution in [0.25, 0.3) is 11.0 Å². The Hall–Kier alpha value is -3.61. The maximum atomic E-state index is 12.6. The number of nitrogens with one attached hydrogen (secondary N) is 1. The van der Waals surface area contributed by atoms with Gasteiger partial charge in [-0.1, -0.05) is 30.3 Å². The minimum Gasteiger partial charge on any atom is -0.480 e.